The molecule has 41 heavy (non-hydrogen) atoms. The third kappa shape index (κ3) is 7.13. The molecule has 4 rings (SSSR count). The third-order valence-electron chi connectivity index (χ3n) is 6.75. The summed E-state index contributed by atoms with van der Waals surface area (Å²) in [5.74, 6) is -1.21. The first-order valence-corrected chi connectivity index (χ1v) is 13.9. The van der Waals surface area contributed by atoms with Gasteiger partial charge in [-0.05, 0) is 31.4 Å². The molecule has 0 radical (unpaired) electrons. The number of halogens is 3. The Labute approximate surface area is 239 Å². The number of rotatable bonds is 6. The molecule has 1 fully saturated rings. The fourth-order valence-corrected chi connectivity index (χ4v) is 5.46. The van der Waals surface area contributed by atoms with E-state index in [0.29, 0.717) is 42.8 Å². The highest BCUT2D eigenvalue weighted by Gasteiger charge is 2.35. The van der Waals surface area contributed by atoms with Crippen molar-refractivity contribution in [1.82, 2.24) is 25.2 Å². The van der Waals surface area contributed by atoms with E-state index in [-0.39, 0.29) is 6.10 Å². The second-order valence-electron chi connectivity index (χ2n) is 11.0. The number of aromatic nitrogens is 3. The number of alkyl halides is 3. The van der Waals surface area contributed by atoms with E-state index in [1.165, 1.54) is 16.2 Å². The fourth-order valence-electron chi connectivity index (χ4n) is 4.68. The third-order valence-corrected chi connectivity index (χ3v) is 7.69. The van der Waals surface area contributed by atoms with E-state index in [1.54, 1.807) is 25.3 Å². The van der Waals surface area contributed by atoms with E-state index in [2.05, 4.69) is 20.3 Å². The zero-order valence-electron chi connectivity index (χ0n) is 23.4. The minimum atomic E-state index is -4.66. The number of nitrogens with one attached hydrogen (secondary N) is 1. The normalized spacial score (nSPS) is 15.5. The lowest BCUT2D eigenvalue weighted by molar-refractivity contribution is -0.145. The first-order chi connectivity index (χ1) is 19.1. The van der Waals surface area contributed by atoms with Gasteiger partial charge in [-0.2, -0.15) is 13.2 Å². The van der Waals surface area contributed by atoms with Crippen LogP contribution in [0.3, 0.4) is 0 Å². The van der Waals surface area contributed by atoms with Crippen LogP contribution in [0.5, 0.6) is 5.75 Å². The molecule has 2 aromatic heterocycles. The van der Waals surface area contributed by atoms with Crippen LogP contribution in [0.25, 0.3) is 10.6 Å². The van der Waals surface area contributed by atoms with E-state index in [9.17, 15) is 27.9 Å². The zero-order chi connectivity index (χ0) is 30.1. The standard InChI is InChI=1S/C28H32F3N5O4S/c1-15-12-32-24(41-15)20-10-17(23(37)35-16(2)18-13-33-25(34-14-18)28(29,30)31)11-21(22(20)27(3,4)5)40-19-6-8-36(9-7-19)26(38)39/h10-14,16,19H,6-9H2,1-5H3,(H,35,37)(H,38,39)/t16-/m1/s1. The minimum absolute atomic E-state index is 0.251. The summed E-state index contributed by atoms with van der Waals surface area (Å²) in [7, 11) is 0. The van der Waals surface area contributed by atoms with E-state index in [0.717, 1.165) is 33.4 Å². The first kappa shape index (κ1) is 30.2. The molecule has 1 saturated heterocycles. The van der Waals surface area contributed by atoms with Crippen LogP contribution in [-0.4, -0.2) is 56.2 Å². The predicted molar refractivity (Wildman–Crippen MR) is 147 cm³/mol. The number of likely N-dealkylation sites (tertiary alicyclic amines) is 1. The van der Waals surface area contributed by atoms with Crippen LogP contribution < -0.4 is 10.1 Å². The van der Waals surface area contributed by atoms with Gasteiger partial charge in [0.25, 0.3) is 5.91 Å². The number of amides is 2. The Morgan fingerprint density at radius 3 is 2.24 bits per heavy atom. The van der Waals surface area contributed by atoms with Crippen LogP contribution in [0.15, 0.2) is 30.7 Å². The number of carbonyl (C=O) groups is 2. The molecule has 2 N–H and O–H groups in total. The molecule has 1 aromatic carbocycles. The molecule has 0 bridgehead atoms. The zero-order valence-corrected chi connectivity index (χ0v) is 24.2. The number of hydrogen-bond acceptors (Lipinski definition) is 7. The number of nitrogens with zero attached hydrogens (tertiary/aromatic N) is 4. The minimum Gasteiger partial charge on any atom is -0.490 e. The quantitative estimate of drug-likeness (QED) is 0.349. The van der Waals surface area contributed by atoms with Crippen molar-refractivity contribution >= 4 is 23.3 Å². The molecule has 3 heterocycles. The summed E-state index contributed by atoms with van der Waals surface area (Å²) in [6, 6.07) is 2.74. The molecule has 0 spiro atoms. The average Bonchev–Trinajstić information content (AvgIpc) is 3.33. The van der Waals surface area contributed by atoms with Crippen LogP contribution in [-0.2, 0) is 11.6 Å². The number of benzene rings is 1. The Morgan fingerprint density at radius 2 is 1.73 bits per heavy atom. The van der Waals surface area contributed by atoms with Gasteiger partial charge in [0.2, 0.25) is 5.82 Å². The lowest BCUT2D eigenvalue weighted by atomic mass is 9.82. The summed E-state index contributed by atoms with van der Waals surface area (Å²) in [6.45, 7) is 10.4. The summed E-state index contributed by atoms with van der Waals surface area (Å²) in [4.78, 5) is 38.5. The summed E-state index contributed by atoms with van der Waals surface area (Å²) < 4.78 is 45.1. The van der Waals surface area contributed by atoms with Gasteiger partial charge in [0, 0.05) is 71.7 Å². The Hall–Kier alpha value is -3.74. The Morgan fingerprint density at radius 1 is 1.10 bits per heavy atom. The van der Waals surface area contributed by atoms with E-state index < -0.39 is 35.5 Å². The number of thiazole rings is 1. The topological polar surface area (TPSA) is 118 Å². The average molecular weight is 592 g/mol. The molecule has 13 heteroatoms. The van der Waals surface area contributed by atoms with Gasteiger partial charge in [-0.3, -0.25) is 4.79 Å². The van der Waals surface area contributed by atoms with Gasteiger partial charge in [0.05, 0.1) is 6.04 Å². The number of piperidine rings is 1. The van der Waals surface area contributed by atoms with Gasteiger partial charge in [0.15, 0.2) is 0 Å². The predicted octanol–water partition coefficient (Wildman–Crippen LogP) is 6.24. The maximum Gasteiger partial charge on any atom is 0.451 e. The summed E-state index contributed by atoms with van der Waals surface area (Å²) in [5, 5.41) is 12.8. The lowest BCUT2D eigenvalue weighted by Gasteiger charge is -2.33. The SMILES string of the molecule is Cc1cnc(-c2cc(C(=O)N[C@H](C)c3cnc(C(F)(F)F)nc3)cc(OC3CCN(C(=O)O)CC3)c2C(C)(C)C)s1. The Balaban J connectivity index is 1.69. The molecular weight excluding hydrogens is 559 g/mol. The molecule has 0 saturated carbocycles. The van der Waals surface area contributed by atoms with E-state index >= 15 is 0 Å². The molecule has 1 aliphatic heterocycles. The number of carboxylic acid groups (broad SMARTS) is 1. The smallest absolute Gasteiger partial charge is 0.451 e. The van der Waals surface area contributed by atoms with Gasteiger partial charge in [0.1, 0.15) is 16.9 Å². The molecule has 0 aliphatic carbocycles. The molecule has 220 valence electrons. The second-order valence-corrected chi connectivity index (χ2v) is 12.3. The highest BCUT2D eigenvalue weighted by Crippen LogP contribution is 2.43. The van der Waals surface area contributed by atoms with Crippen molar-refractivity contribution in [3.8, 4) is 16.3 Å². The lowest BCUT2D eigenvalue weighted by Crippen LogP contribution is -2.41. The second kappa shape index (κ2) is 11.6. The molecule has 3 aromatic rings. The van der Waals surface area contributed by atoms with Crippen molar-refractivity contribution in [2.75, 3.05) is 13.1 Å². The van der Waals surface area contributed by atoms with Crippen molar-refractivity contribution in [3.63, 3.8) is 0 Å². The molecule has 1 atom stereocenters. The van der Waals surface area contributed by atoms with E-state index in [1.807, 2.05) is 27.7 Å². The van der Waals surface area contributed by atoms with Gasteiger partial charge in [-0.15, -0.1) is 11.3 Å². The molecule has 9 nitrogen and oxygen atoms in total. The Bertz CT molecular complexity index is 1410. The molecule has 2 amide bonds. The largest absolute Gasteiger partial charge is 0.490 e. The number of aryl methyl sites for hydroxylation is 1. The van der Waals surface area contributed by atoms with Crippen LogP contribution in [0.2, 0.25) is 0 Å². The van der Waals surface area contributed by atoms with Crippen molar-refractivity contribution in [3.05, 3.63) is 58.1 Å². The first-order valence-electron chi connectivity index (χ1n) is 13.1. The van der Waals surface area contributed by atoms with Gasteiger partial charge in [-0.1, -0.05) is 20.8 Å². The summed E-state index contributed by atoms with van der Waals surface area (Å²) in [5.41, 5.74) is 1.82. The van der Waals surface area contributed by atoms with Crippen molar-refractivity contribution in [2.45, 2.75) is 71.2 Å². The number of hydrogen-bond donors (Lipinski definition) is 2. The van der Waals surface area contributed by atoms with Crippen LogP contribution in [0.4, 0.5) is 18.0 Å². The fraction of sp³-hybridized carbons (Fsp3) is 0.464. The highest BCUT2D eigenvalue weighted by molar-refractivity contribution is 7.15. The van der Waals surface area contributed by atoms with Crippen molar-refractivity contribution in [2.24, 2.45) is 0 Å². The summed E-state index contributed by atoms with van der Waals surface area (Å²) >= 11 is 1.49. The molecule has 0 unspecified atom stereocenters. The number of ether oxygens (including phenoxy) is 1. The van der Waals surface area contributed by atoms with Gasteiger partial charge in [-0.25, -0.2) is 19.7 Å². The van der Waals surface area contributed by atoms with Crippen molar-refractivity contribution < 1.29 is 32.6 Å². The summed E-state index contributed by atoms with van der Waals surface area (Å²) in [6.07, 6.45) is -1.02. The maximum absolute atomic E-state index is 13.5. The molecule has 1 aliphatic rings. The molecular formula is C28H32F3N5O4S. The van der Waals surface area contributed by atoms with Crippen LogP contribution >= 0.6 is 11.3 Å². The maximum atomic E-state index is 13.5. The van der Waals surface area contributed by atoms with Gasteiger partial charge >= 0.3 is 12.3 Å². The Kier molecular flexibility index (Phi) is 8.57. The van der Waals surface area contributed by atoms with Gasteiger partial charge < -0.3 is 20.1 Å². The van der Waals surface area contributed by atoms with Crippen molar-refractivity contribution in [1.29, 1.82) is 0 Å². The highest BCUT2D eigenvalue weighted by atomic mass is 32.1. The van der Waals surface area contributed by atoms with E-state index in [4.69, 9.17) is 4.74 Å². The monoisotopic (exact) mass is 591 g/mol. The van der Waals surface area contributed by atoms with Crippen LogP contribution in [0.1, 0.15) is 78.8 Å². The number of carbonyl (C=O) groups excluding carboxylic acids is 1. The van der Waals surface area contributed by atoms with Crippen LogP contribution in [0, 0.1) is 6.92 Å².